The lowest BCUT2D eigenvalue weighted by Crippen LogP contribution is -2.39. The lowest BCUT2D eigenvalue weighted by atomic mass is 9.92. The molecule has 3 aliphatic rings. The lowest BCUT2D eigenvalue weighted by Gasteiger charge is -2.26. The maximum atomic E-state index is 13.1. The summed E-state index contributed by atoms with van der Waals surface area (Å²) in [5, 5.41) is 11.7. The van der Waals surface area contributed by atoms with Crippen LogP contribution in [0.1, 0.15) is 40.4 Å². The summed E-state index contributed by atoms with van der Waals surface area (Å²) in [6.07, 6.45) is 8.03. The fourth-order valence-electron chi connectivity index (χ4n) is 5.18. The van der Waals surface area contributed by atoms with Crippen LogP contribution in [0.5, 0.6) is 0 Å². The van der Waals surface area contributed by atoms with Crippen molar-refractivity contribution in [2.45, 2.75) is 39.2 Å². The molecule has 31 heavy (non-hydrogen) atoms. The van der Waals surface area contributed by atoms with E-state index in [2.05, 4.69) is 32.2 Å². The topological polar surface area (TPSA) is 80.1 Å². The third-order valence-corrected chi connectivity index (χ3v) is 6.96. The van der Waals surface area contributed by atoms with Crippen molar-refractivity contribution < 1.29 is 9.59 Å². The van der Waals surface area contributed by atoms with Crippen LogP contribution in [0.2, 0.25) is 0 Å². The van der Waals surface area contributed by atoms with E-state index in [4.69, 9.17) is 0 Å². The molecule has 2 amide bonds. The average molecular weight is 420 g/mol. The fraction of sp³-hybridized carbons (Fsp3) is 0.500. The molecule has 0 radical (unpaired) electrons. The van der Waals surface area contributed by atoms with Crippen LogP contribution in [0.25, 0.3) is 0 Å². The number of rotatable bonds is 5. The van der Waals surface area contributed by atoms with Crippen LogP contribution in [0.3, 0.4) is 0 Å². The smallest absolute Gasteiger partial charge is 0.251 e. The maximum Gasteiger partial charge on any atom is 0.251 e. The third-order valence-electron chi connectivity index (χ3n) is 6.96. The molecule has 3 atom stereocenters. The SMILES string of the molecule is Cc1ccc(C(=O)NCCc2nnc3n2CCN(C(=O)[C@H]2C[C@@H]4C=C[C@H]2C4)CC3)cc1. The Hall–Kier alpha value is -2.96. The molecule has 0 saturated heterocycles. The first-order chi connectivity index (χ1) is 15.1. The van der Waals surface area contributed by atoms with Crippen LogP contribution in [-0.4, -0.2) is 51.1 Å². The quantitative estimate of drug-likeness (QED) is 0.753. The maximum absolute atomic E-state index is 13.1. The molecule has 2 aromatic rings. The molecule has 1 aromatic heterocycles. The number of aromatic nitrogens is 3. The number of fused-ring (bicyclic) bond motifs is 3. The van der Waals surface area contributed by atoms with E-state index in [1.807, 2.05) is 36.1 Å². The van der Waals surface area contributed by atoms with E-state index in [0.717, 1.165) is 36.5 Å². The highest BCUT2D eigenvalue weighted by Gasteiger charge is 2.41. The molecule has 2 bridgehead atoms. The normalized spacial score (nSPS) is 24.2. The standard InChI is InChI=1S/C24H29N5O2/c1-16-2-5-18(6-3-16)23(30)25-10-8-21-26-27-22-9-11-28(12-13-29(21)22)24(31)20-15-17-4-7-19(20)14-17/h2-7,17,19-20H,8-15H2,1H3,(H,25,30)/t17-,19+,20+/m1/s1. The number of hydrogen-bond donors (Lipinski definition) is 1. The zero-order valence-corrected chi connectivity index (χ0v) is 18.0. The monoisotopic (exact) mass is 419 g/mol. The first-order valence-electron chi connectivity index (χ1n) is 11.3. The largest absolute Gasteiger partial charge is 0.352 e. The van der Waals surface area contributed by atoms with Gasteiger partial charge in [0.05, 0.1) is 0 Å². The van der Waals surface area contributed by atoms with Crippen LogP contribution < -0.4 is 5.32 Å². The Morgan fingerprint density at radius 1 is 1.06 bits per heavy atom. The Labute approximate surface area is 182 Å². The second kappa shape index (κ2) is 8.29. The number of benzene rings is 1. The Morgan fingerprint density at radius 2 is 1.90 bits per heavy atom. The number of allylic oxidation sites excluding steroid dienone is 2. The summed E-state index contributed by atoms with van der Waals surface area (Å²) in [6.45, 7) is 4.63. The fourth-order valence-corrected chi connectivity index (χ4v) is 5.18. The molecule has 1 N–H and O–H groups in total. The number of carbonyl (C=O) groups excluding carboxylic acids is 2. The minimum absolute atomic E-state index is 0.0766. The van der Waals surface area contributed by atoms with E-state index in [9.17, 15) is 9.59 Å². The molecule has 1 fully saturated rings. The molecule has 2 heterocycles. The summed E-state index contributed by atoms with van der Waals surface area (Å²) < 4.78 is 2.13. The number of nitrogens with zero attached hydrogens (tertiary/aromatic N) is 4. The molecule has 1 saturated carbocycles. The van der Waals surface area contributed by atoms with Crippen LogP contribution >= 0.6 is 0 Å². The zero-order valence-electron chi connectivity index (χ0n) is 18.0. The van der Waals surface area contributed by atoms with Crippen molar-refractivity contribution in [1.82, 2.24) is 25.0 Å². The van der Waals surface area contributed by atoms with Crippen molar-refractivity contribution in [3.8, 4) is 0 Å². The summed E-state index contributed by atoms with van der Waals surface area (Å²) in [5.41, 5.74) is 1.79. The van der Waals surface area contributed by atoms with Crippen LogP contribution in [-0.2, 0) is 24.2 Å². The molecule has 5 rings (SSSR count). The molecule has 1 aromatic carbocycles. The van der Waals surface area contributed by atoms with Crippen molar-refractivity contribution >= 4 is 11.8 Å². The predicted molar refractivity (Wildman–Crippen MR) is 116 cm³/mol. The lowest BCUT2D eigenvalue weighted by molar-refractivity contribution is -0.136. The number of carbonyl (C=O) groups is 2. The summed E-state index contributed by atoms with van der Waals surface area (Å²) in [6, 6.07) is 7.55. The molecular weight excluding hydrogens is 390 g/mol. The summed E-state index contributed by atoms with van der Waals surface area (Å²) in [7, 11) is 0. The highest BCUT2D eigenvalue weighted by atomic mass is 16.2. The first-order valence-corrected chi connectivity index (χ1v) is 11.3. The molecule has 2 aliphatic carbocycles. The first kappa shape index (κ1) is 20.0. The van der Waals surface area contributed by atoms with Crippen molar-refractivity contribution in [3.63, 3.8) is 0 Å². The third kappa shape index (κ3) is 4.01. The highest BCUT2D eigenvalue weighted by Crippen LogP contribution is 2.44. The Morgan fingerprint density at radius 3 is 2.65 bits per heavy atom. The summed E-state index contributed by atoms with van der Waals surface area (Å²) in [5.74, 6) is 3.24. The van der Waals surface area contributed by atoms with Gasteiger partial charge in [-0.05, 0) is 43.7 Å². The van der Waals surface area contributed by atoms with Crippen LogP contribution in [0.4, 0.5) is 0 Å². The van der Waals surface area contributed by atoms with Gasteiger partial charge in [0.1, 0.15) is 11.6 Å². The number of aryl methyl sites for hydroxylation is 1. The Bertz CT molecular complexity index is 1010. The van der Waals surface area contributed by atoms with E-state index in [-0.39, 0.29) is 11.8 Å². The molecule has 1 aliphatic heterocycles. The minimum Gasteiger partial charge on any atom is -0.352 e. The Kier molecular flexibility index (Phi) is 5.34. The van der Waals surface area contributed by atoms with Gasteiger partial charge in [0.25, 0.3) is 5.91 Å². The van der Waals surface area contributed by atoms with E-state index < -0.39 is 0 Å². The van der Waals surface area contributed by atoms with Gasteiger partial charge in [0.2, 0.25) is 5.91 Å². The van der Waals surface area contributed by atoms with Crippen LogP contribution in [0.15, 0.2) is 36.4 Å². The molecule has 7 heteroatoms. The Balaban J connectivity index is 1.16. The van der Waals surface area contributed by atoms with Gasteiger partial charge in [-0.25, -0.2) is 0 Å². The zero-order chi connectivity index (χ0) is 21.4. The van der Waals surface area contributed by atoms with E-state index in [0.29, 0.717) is 55.9 Å². The minimum atomic E-state index is -0.0766. The van der Waals surface area contributed by atoms with E-state index in [1.54, 1.807) is 0 Å². The second-order valence-corrected chi connectivity index (χ2v) is 9.02. The number of amides is 2. The molecule has 162 valence electrons. The average Bonchev–Trinajstić information content (AvgIpc) is 3.47. The van der Waals surface area contributed by atoms with Gasteiger partial charge in [0, 0.05) is 50.5 Å². The van der Waals surface area contributed by atoms with Gasteiger partial charge in [-0.1, -0.05) is 29.8 Å². The molecule has 0 spiro atoms. The molecular formula is C24H29N5O2. The van der Waals surface area contributed by atoms with Gasteiger partial charge in [-0.15, -0.1) is 10.2 Å². The molecule has 7 nitrogen and oxygen atoms in total. The van der Waals surface area contributed by atoms with Gasteiger partial charge >= 0.3 is 0 Å². The highest BCUT2D eigenvalue weighted by molar-refractivity contribution is 5.94. The number of hydrogen-bond acceptors (Lipinski definition) is 4. The molecule has 0 unspecified atom stereocenters. The number of nitrogens with one attached hydrogen (secondary N) is 1. The second-order valence-electron chi connectivity index (χ2n) is 9.02. The van der Waals surface area contributed by atoms with Crippen molar-refractivity contribution in [1.29, 1.82) is 0 Å². The van der Waals surface area contributed by atoms with E-state index >= 15 is 0 Å². The summed E-state index contributed by atoms with van der Waals surface area (Å²) in [4.78, 5) is 27.5. The predicted octanol–water partition coefficient (Wildman–Crippen LogP) is 2.16. The van der Waals surface area contributed by atoms with Crippen molar-refractivity contribution in [3.05, 3.63) is 59.2 Å². The van der Waals surface area contributed by atoms with Gasteiger partial charge in [-0.2, -0.15) is 0 Å². The van der Waals surface area contributed by atoms with Crippen molar-refractivity contribution in [2.75, 3.05) is 19.6 Å². The van der Waals surface area contributed by atoms with Crippen molar-refractivity contribution in [2.24, 2.45) is 17.8 Å². The van der Waals surface area contributed by atoms with E-state index in [1.165, 1.54) is 0 Å². The van der Waals surface area contributed by atoms with Gasteiger partial charge in [0.15, 0.2) is 0 Å². The summed E-state index contributed by atoms with van der Waals surface area (Å²) >= 11 is 0. The van der Waals surface area contributed by atoms with Crippen LogP contribution in [0, 0.1) is 24.7 Å². The van der Waals surface area contributed by atoms with Gasteiger partial charge < -0.3 is 14.8 Å². The van der Waals surface area contributed by atoms with Gasteiger partial charge in [-0.3, -0.25) is 9.59 Å².